The van der Waals surface area contributed by atoms with Crippen molar-refractivity contribution in [2.24, 2.45) is 34.3 Å². The van der Waals surface area contributed by atoms with E-state index in [-0.39, 0.29) is 16.6 Å². The van der Waals surface area contributed by atoms with E-state index in [9.17, 15) is 9.59 Å². The van der Waals surface area contributed by atoms with Gasteiger partial charge in [0, 0.05) is 17.3 Å². The number of allylic oxidation sites excluding steroid dienone is 3. The van der Waals surface area contributed by atoms with Crippen LogP contribution in [-0.2, 0) is 9.59 Å². The smallest absolute Gasteiger partial charge is 0.201 e. The summed E-state index contributed by atoms with van der Waals surface area (Å²) in [5.41, 5.74) is 7.61. The van der Waals surface area contributed by atoms with Crippen molar-refractivity contribution in [2.75, 3.05) is 0 Å². The predicted molar refractivity (Wildman–Crippen MR) is 84.8 cm³/mol. The molecule has 3 fully saturated rings. The van der Waals surface area contributed by atoms with Crippen LogP contribution in [-0.4, -0.2) is 11.6 Å². The van der Waals surface area contributed by atoms with Crippen LogP contribution in [0.15, 0.2) is 23.4 Å². The predicted octanol–water partition coefficient (Wildman–Crippen LogP) is 3.15. The number of nitrogens with two attached hydrogens (primary N) is 1. The van der Waals surface area contributed by atoms with E-state index in [0.29, 0.717) is 29.2 Å². The molecule has 0 aromatic rings. The van der Waals surface area contributed by atoms with E-state index in [0.717, 1.165) is 44.1 Å². The first kappa shape index (κ1) is 14.2. The largest absolute Gasteiger partial charge is 0.396 e. The third kappa shape index (κ3) is 1.57. The van der Waals surface area contributed by atoms with Gasteiger partial charge in [-0.1, -0.05) is 19.9 Å². The van der Waals surface area contributed by atoms with Crippen molar-refractivity contribution in [2.45, 2.75) is 52.4 Å². The summed E-state index contributed by atoms with van der Waals surface area (Å²) >= 11 is 0. The molecule has 3 nitrogen and oxygen atoms in total. The van der Waals surface area contributed by atoms with Gasteiger partial charge < -0.3 is 5.73 Å². The van der Waals surface area contributed by atoms with Crippen molar-refractivity contribution >= 4 is 11.6 Å². The minimum Gasteiger partial charge on any atom is -0.396 e. The number of hydrogen-bond acceptors (Lipinski definition) is 3. The first-order valence-electron chi connectivity index (χ1n) is 8.64. The number of ketones is 2. The van der Waals surface area contributed by atoms with E-state index in [1.54, 1.807) is 6.08 Å². The quantitative estimate of drug-likeness (QED) is 0.747. The number of hydrogen-bond donors (Lipinski definition) is 1. The molecule has 0 saturated heterocycles. The SMILES string of the molecule is C[C@]12C=CC(=O)C(N)=C1CC[C@@H]1[C@H]2CC[C@]2(C)C(=O)CC[C@@H]12. The van der Waals surface area contributed by atoms with Crippen LogP contribution in [0.5, 0.6) is 0 Å². The number of carbonyl (C=O) groups excluding carboxylic acids is 2. The summed E-state index contributed by atoms with van der Waals surface area (Å²) in [6.07, 6.45) is 9.69. The van der Waals surface area contributed by atoms with Crippen molar-refractivity contribution < 1.29 is 9.59 Å². The van der Waals surface area contributed by atoms with Crippen molar-refractivity contribution in [1.29, 1.82) is 0 Å². The topological polar surface area (TPSA) is 60.2 Å². The Morgan fingerprint density at radius 1 is 1.09 bits per heavy atom. The molecular weight excluding hydrogens is 274 g/mol. The first-order chi connectivity index (χ1) is 10.4. The summed E-state index contributed by atoms with van der Waals surface area (Å²) in [5, 5.41) is 0. The average molecular weight is 299 g/mol. The second-order valence-corrected chi connectivity index (χ2v) is 8.21. The van der Waals surface area contributed by atoms with E-state index >= 15 is 0 Å². The lowest BCUT2D eigenvalue weighted by molar-refractivity contribution is -0.131. The number of Topliss-reactive ketones (excluding diaryl/α,β-unsaturated/α-hetero) is 1. The molecule has 0 bridgehead atoms. The van der Waals surface area contributed by atoms with Gasteiger partial charge in [0.2, 0.25) is 5.78 Å². The highest BCUT2D eigenvalue weighted by molar-refractivity contribution is 6.05. The lowest BCUT2D eigenvalue weighted by atomic mass is 9.48. The Bertz CT molecular complexity index is 631. The van der Waals surface area contributed by atoms with Gasteiger partial charge in [0.05, 0.1) is 5.70 Å². The second kappa shape index (κ2) is 4.33. The summed E-state index contributed by atoms with van der Waals surface area (Å²) in [6.45, 7) is 4.46. The summed E-state index contributed by atoms with van der Waals surface area (Å²) in [7, 11) is 0. The Labute approximate surface area is 132 Å². The third-order valence-corrected chi connectivity index (χ3v) is 7.47. The lowest BCUT2D eigenvalue weighted by Gasteiger charge is -2.55. The standard InChI is InChI=1S/C19H25NO2/c1-18-10-8-15(21)17(20)14(18)4-3-11-12-5-6-16(22)19(12,2)9-7-13(11)18/h8,10-13H,3-7,9,20H2,1-2H3/t11-,12-,13+,18+,19-/m0/s1. The molecule has 0 amide bonds. The zero-order valence-corrected chi connectivity index (χ0v) is 13.5. The van der Waals surface area contributed by atoms with E-state index in [2.05, 4.69) is 19.9 Å². The van der Waals surface area contributed by atoms with Crippen LogP contribution in [0.4, 0.5) is 0 Å². The zero-order chi connectivity index (χ0) is 15.7. The van der Waals surface area contributed by atoms with Crippen LogP contribution in [0.25, 0.3) is 0 Å². The molecule has 3 heteroatoms. The van der Waals surface area contributed by atoms with Gasteiger partial charge in [-0.25, -0.2) is 0 Å². The summed E-state index contributed by atoms with van der Waals surface area (Å²) in [5.74, 6) is 2.12. The molecule has 0 aliphatic heterocycles. The van der Waals surface area contributed by atoms with Crippen molar-refractivity contribution in [1.82, 2.24) is 0 Å². The van der Waals surface area contributed by atoms with Crippen LogP contribution in [0.1, 0.15) is 52.4 Å². The van der Waals surface area contributed by atoms with E-state index < -0.39 is 0 Å². The molecule has 4 aliphatic rings. The maximum atomic E-state index is 12.4. The van der Waals surface area contributed by atoms with Gasteiger partial charge in [-0.2, -0.15) is 0 Å². The normalized spacial score (nSPS) is 47.3. The first-order valence-corrected chi connectivity index (χ1v) is 8.64. The van der Waals surface area contributed by atoms with Gasteiger partial charge in [-0.3, -0.25) is 9.59 Å². The molecule has 0 unspecified atom stereocenters. The minimum atomic E-state index is -0.0848. The highest BCUT2D eigenvalue weighted by Gasteiger charge is 2.58. The van der Waals surface area contributed by atoms with E-state index in [1.165, 1.54) is 0 Å². The summed E-state index contributed by atoms with van der Waals surface area (Å²) in [4.78, 5) is 24.3. The van der Waals surface area contributed by atoms with E-state index in [1.807, 2.05) is 0 Å². The Kier molecular flexibility index (Phi) is 2.80. The fourth-order valence-corrected chi connectivity index (χ4v) is 6.15. The van der Waals surface area contributed by atoms with Gasteiger partial charge in [-0.05, 0) is 61.5 Å². The molecular formula is C19H25NO2. The van der Waals surface area contributed by atoms with Gasteiger partial charge in [0.15, 0.2) is 0 Å². The zero-order valence-electron chi connectivity index (χ0n) is 13.5. The van der Waals surface area contributed by atoms with Crippen molar-refractivity contribution in [3.8, 4) is 0 Å². The molecule has 118 valence electrons. The Morgan fingerprint density at radius 2 is 1.86 bits per heavy atom. The molecule has 4 rings (SSSR count). The molecule has 0 spiro atoms. The number of fused-ring (bicyclic) bond motifs is 5. The number of carbonyl (C=O) groups is 2. The molecule has 5 atom stereocenters. The van der Waals surface area contributed by atoms with Crippen LogP contribution in [0, 0.1) is 28.6 Å². The Balaban J connectivity index is 1.75. The van der Waals surface area contributed by atoms with Crippen LogP contribution < -0.4 is 5.73 Å². The lowest BCUT2D eigenvalue weighted by Crippen LogP contribution is -2.50. The monoisotopic (exact) mass is 299 g/mol. The molecule has 3 saturated carbocycles. The molecule has 0 aromatic heterocycles. The summed E-state index contributed by atoms with van der Waals surface area (Å²) < 4.78 is 0. The molecule has 0 aromatic carbocycles. The highest BCUT2D eigenvalue weighted by atomic mass is 16.1. The summed E-state index contributed by atoms with van der Waals surface area (Å²) in [6, 6.07) is 0. The van der Waals surface area contributed by atoms with Crippen LogP contribution >= 0.6 is 0 Å². The van der Waals surface area contributed by atoms with Crippen molar-refractivity contribution in [3.63, 3.8) is 0 Å². The minimum absolute atomic E-state index is 0.0254. The van der Waals surface area contributed by atoms with Crippen molar-refractivity contribution in [3.05, 3.63) is 23.4 Å². The molecule has 2 N–H and O–H groups in total. The van der Waals surface area contributed by atoms with E-state index in [4.69, 9.17) is 5.73 Å². The molecule has 0 radical (unpaired) electrons. The second-order valence-electron chi connectivity index (χ2n) is 8.21. The fourth-order valence-electron chi connectivity index (χ4n) is 6.15. The molecule has 4 aliphatic carbocycles. The van der Waals surface area contributed by atoms with Crippen LogP contribution in [0.3, 0.4) is 0 Å². The highest BCUT2D eigenvalue weighted by Crippen LogP contribution is 2.63. The Morgan fingerprint density at radius 3 is 2.64 bits per heavy atom. The van der Waals surface area contributed by atoms with Gasteiger partial charge in [-0.15, -0.1) is 0 Å². The Hall–Kier alpha value is -1.38. The molecule has 22 heavy (non-hydrogen) atoms. The third-order valence-electron chi connectivity index (χ3n) is 7.47. The average Bonchev–Trinajstić information content (AvgIpc) is 2.79. The number of rotatable bonds is 0. The fraction of sp³-hybridized carbons (Fsp3) is 0.684. The van der Waals surface area contributed by atoms with Crippen LogP contribution in [0.2, 0.25) is 0 Å². The maximum Gasteiger partial charge on any atom is 0.201 e. The van der Waals surface area contributed by atoms with Gasteiger partial charge in [0.25, 0.3) is 0 Å². The molecule has 0 heterocycles. The van der Waals surface area contributed by atoms with Gasteiger partial charge in [0.1, 0.15) is 5.78 Å². The maximum absolute atomic E-state index is 12.4. The van der Waals surface area contributed by atoms with Gasteiger partial charge >= 0.3 is 0 Å².